The highest BCUT2D eigenvalue weighted by atomic mass is 16.5. The fraction of sp³-hybridized carbons (Fsp3) is 0.682. The predicted octanol–water partition coefficient (Wildman–Crippen LogP) is 3.77. The Kier molecular flexibility index (Phi) is 5.49. The maximum absolute atomic E-state index is 12.7. The monoisotopic (exact) mass is 356 g/mol. The van der Waals surface area contributed by atoms with Gasteiger partial charge in [0.05, 0.1) is 13.2 Å². The van der Waals surface area contributed by atoms with E-state index in [1.54, 1.807) is 7.11 Å². The van der Waals surface area contributed by atoms with Crippen LogP contribution in [0.15, 0.2) is 24.3 Å². The molecule has 3 fully saturated rings. The molecule has 0 radical (unpaired) electrons. The number of amides is 1. The summed E-state index contributed by atoms with van der Waals surface area (Å²) in [5.41, 5.74) is 1.19. The number of nitrogens with zero attached hydrogens (tertiary/aromatic N) is 1. The Labute approximate surface area is 157 Å². The van der Waals surface area contributed by atoms with Gasteiger partial charge in [-0.3, -0.25) is 9.69 Å². The third kappa shape index (κ3) is 4.22. The average Bonchev–Trinajstić information content (AvgIpc) is 3.60. The summed E-state index contributed by atoms with van der Waals surface area (Å²) in [7, 11) is 1.73. The Balaban J connectivity index is 1.40. The molecule has 1 saturated heterocycles. The molecule has 2 aliphatic carbocycles. The van der Waals surface area contributed by atoms with Crippen LogP contribution in [-0.4, -0.2) is 37.6 Å². The second-order valence-corrected chi connectivity index (χ2v) is 8.35. The van der Waals surface area contributed by atoms with Gasteiger partial charge >= 0.3 is 0 Å². The summed E-state index contributed by atoms with van der Waals surface area (Å²) in [6, 6.07) is 8.45. The first kappa shape index (κ1) is 17.8. The first-order chi connectivity index (χ1) is 12.8. The predicted molar refractivity (Wildman–Crippen MR) is 103 cm³/mol. The molecule has 4 rings (SSSR count). The van der Waals surface area contributed by atoms with Gasteiger partial charge in [-0.1, -0.05) is 18.2 Å². The Morgan fingerprint density at radius 1 is 1.15 bits per heavy atom. The van der Waals surface area contributed by atoms with Crippen LogP contribution in [0.25, 0.3) is 0 Å². The summed E-state index contributed by atoms with van der Waals surface area (Å²) in [5, 5.41) is 3.27. The van der Waals surface area contributed by atoms with Crippen molar-refractivity contribution in [3.05, 3.63) is 29.8 Å². The summed E-state index contributed by atoms with van der Waals surface area (Å²) < 4.78 is 5.60. The molecule has 1 aromatic carbocycles. The van der Waals surface area contributed by atoms with Crippen LogP contribution in [0.1, 0.15) is 56.6 Å². The van der Waals surface area contributed by atoms with Crippen LogP contribution < -0.4 is 10.1 Å². The molecule has 3 aliphatic rings. The number of ether oxygens (including phenoxy) is 1. The second kappa shape index (κ2) is 7.99. The number of carbonyl (C=O) groups is 1. The van der Waals surface area contributed by atoms with Gasteiger partial charge in [0.1, 0.15) is 5.75 Å². The fourth-order valence-electron chi connectivity index (χ4n) is 4.69. The Bertz CT molecular complexity index is 606. The normalized spacial score (nSPS) is 21.8. The number of hydrogen-bond donors (Lipinski definition) is 1. The van der Waals surface area contributed by atoms with E-state index in [1.807, 2.05) is 12.1 Å². The van der Waals surface area contributed by atoms with Crippen molar-refractivity contribution in [2.75, 3.05) is 26.7 Å². The van der Waals surface area contributed by atoms with Crippen LogP contribution in [-0.2, 0) is 4.79 Å². The van der Waals surface area contributed by atoms with Crippen LogP contribution in [0.4, 0.5) is 0 Å². The lowest BCUT2D eigenvalue weighted by molar-refractivity contribution is -0.122. The molecule has 142 valence electrons. The van der Waals surface area contributed by atoms with Crippen LogP contribution in [0.2, 0.25) is 0 Å². The third-order valence-electron chi connectivity index (χ3n) is 6.45. The van der Waals surface area contributed by atoms with E-state index < -0.39 is 0 Å². The zero-order chi connectivity index (χ0) is 17.9. The van der Waals surface area contributed by atoms with Crippen molar-refractivity contribution in [1.29, 1.82) is 0 Å². The van der Waals surface area contributed by atoms with Crippen molar-refractivity contribution in [2.24, 2.45) is 17.8 Å². The van der Waals surface area contributed by atoms with Gasteiger partial charge in [0, 0.05) is 18.5 Å². The molecule has 1 amide bonds. The average molecular weight is 357 g/mol. The Morgan fingerprint density at radius 3 is 2.42 bits per heavy atom. The minimum Gasteiger partial charge on any atom is -0.496 e. The quantitative estimate of drug-likeness (QED) is 0.732. The molecule has 0 aromatic heterocycles. The summed E-state index contributed by atoms with van der Waals surface area (Å²) in [6.07, 6.45) is 8.57. The van der Waals surface area contributed by atoms with E-state index in [4.69, 9.17) is 4.74 Å². The molecular formula is C22H32N2O2. The van der Waals surface area contributed by atoms with Crippen molar-refractivity contribution in [3.63, 3.8) is 0 Å². The van der Waals surface area contributed by atoms with Crippen LogP contribution >= 0.6 is 0 Å². The van der Waals surface area contributed by atoms with Crippen molar-refractivity contribution < 1.29 is 9.53 Å². The molecule has 0 bridgehead atoms. The van der Waals surface area contributed by atoms with E-state index >= 15 is 0 Å². The molecule has 4 nitrogen and oxygen atoms in total. The summed E-state index contributed by atoms with van der Waals surface area (Å²) in [4.78, 5) is 15.2. The molecule has 26 heavy (non-hydrogen) atoms. The van der Waals surface area contributed by atoms with Gasteiger partial charge in [-0.2, -0.15) is 0 Å². The first-order valence-corrected chi connectivity index (χ1v) is 10.4. The number of rotatable bonds is 9. The topological polar surface area (TPSA) is 41.6 Å². The highest BCUT2D eigenvalue weighted by Crippen LogP contribution is 2.50. The van der Waals surface area contributed by atoms with Crippen LogP contribution in [0.5, 0.6) is 5.75 Å². The molecule has 1 aromatic rings. The van der Waals surface area contributed by atoms with Crippen molar-refractivity contribution in [2.45, 2.75) is 51.0 Å². The molecule has 1 heterocycles. The van der Waals surface area contributed by atoms with Gasteiger partial charge < -0.3 is 10.1 Å². The number of benzene rings is 1. The van der Waals surface area contributed by atoms with E-state index in [1.165, 1.54) is 44.1 Å². The molecule has 2 saturated carbocycles. The summed E-state index contributed by atoms with van der Waals surface area (Å²) in [6.45, 7) is 2.89. The van der Waals surface area contributed by atoms with E-state index in [2.05, 4.69) is 22.3 Å². The van der Waals surface area contributed by atoms with Crippen LogP contribution in [0, 0.1) is 17.8 Å². The van der Waals surface area contributed by atoms with Gasteiger partial charge in [-0.05, 0) is 75.4 Å². The molecule has 0 spiro atoms. The highest BCUT2D eigenvalue weighted by molar-refractivity contribution is 5.76. The number of hydrogen-bond acceptors (Lipinski definition) is 3. The van der Waals surface area contributed by atoms with Gasteiger partial charge in [0.25, 0.3) is 0 Å². The lowest BCUT2D eigenvalue weighted by Gasteiger charge is -2.29. The fourth-order valence-corrected chi connectivity index (χ4v) is 4.69. The molecule has 4 heteroatoms. The van der Waals surface area contributed by atoms with Gasteiger partial charge in [0.2, 0.25) is 5.91 Å². The highest BCUT2D eigenvalue weighted by Gasteiger charge is 2.42. The van der Waals surface area contributed by atoms with E-state index in [0.717, 1.165) is 37.1 Å². The standard InChI is InChI=1S/C22H32N2O2/c1-26-21-7-3-2-6-18(21)20(24-12-4-5-13-24)15-23-22(25)14-19(16-8-9-16)17-10-11-17/h2-3,6-7,16-17,19-20H,4-5,8-15H2,1H3,(H,23,25). The van der Waals surface area contributed by atoms with E-state index in [0.29, 0.717) is 12.5 Å². The van der Waals surface area contributed by atoms with Gasteiger partial charge in [0.15, 0.2) is 0 Å². The van der Waals surface area contributed by atoms with Gasteiger partial charge in [-0.25, -0.2) is 0 Å². The third-order valence-corrected chi connectivity index (χ3v) is 6.45. The van der Waals surface area contributed by atoms with Gasteiger partial charge in [-0.15, -0.1) is 0 Å². The van der Waals surface area contributed by atoms with Crippen molar-refractivity contribution in [3.8, 4) is 5.75 Å². The van der Waals surface area contributed by atoms with E-state index in [9.17, 15) is 4.79 Å². The van der Waals surface area contributed by atoms with E-state index in [-0.39, 0.29) is 11.9 Å². The number of likely N-dealkylation sites (tertiary alicyclic amines) is 1. The minimum absolute atomic E-state index is 0.206. The second-order valence-electron chi connectivity index (χ2n) is 8.35. The Morgan fingerprint density at radius 2 is 1.81 bits per heavy atom. The van der Waals surface area contributed by atoms with Crippen LogP contribution in [0.3, 0.4) is 0 Å². The SMILES string of the molecule is COc1ccccc1C(CNC(=O)CC(C1CC1)C1CC1)N1CCCC1. The number of carbonyl (C=O) groups excluding carboxylic acids is 1. The first-order valence-electron chi connectivity index (χ1n) is 10.4. The largest absolute Gasteiger partial charge is 0.496 e. The molecule has 1 atom stereocenters. The number of nitrogens with one attached hydrogen (secondary N) is 1. The molecule has 1 N–H and O–H groups in total. The van der Waals surface area contributed by atoms with Crippen molar-refractivity contribution in [1.82, 2.24) is 10.2 Å². The molecule has 1 unspecified atom stereocenters. The zero-order valence-corrected chi connectivity index (χ0v) is 16.0. The maximum atomic E-state index is 12.7. The Hall–Kier alpha value is -1.55. The lowest BCUT2D eigenvalue weighted by Crippen LogP contribution is -2.37. The smallest absolute Gasteiger partial charge is 0.220 e. The number of methoxy groups -OCH3 is 1. The van der Waals surface area contributed by atoms with Crippen molar-refractivity contribution >= 4 is 5.91 Å². The lowest BCUT2D eigenvalue weighted by atomic mass is 9.93. The summed E-state index contributed by atoms with van der Waals surface area (Å²) in [5.74, 6) is 3.47. The zero-order valence-electron chi connectivity index (χ0n) is 16.0. The maximum Gasteiger partial charge on any atom is 0.220 e. The minimum atomic E-state index is 0.206. The number of para-hydroxylation sites is 1. The molecular weight excluding hydrogens is 324 g/mol. The summed E-state index contributed by atoms with van der Waals surface area (Å²) >= 11 is 0. The molecule has 1 aliphatic heterocycles.